The number of nitrogens with one attached hydrogen (secondary N) is 1. The number of amides is 1. The summed E-state index contributed by atoms with van der Waals surface area (Å²) in [4.78, 5) is 12.5. The minimum Gasteiger partial charge on any atom is -0.497 e. The van der Waals surface area contributed by atoms with Crippen LogP contribution in [0.2, 0.25) is 5.02 Å². The van der Waals surface area contributed by atoms with Gasteiger partial charge < -0.3 is 10.1 Å². The average molecular weight is 417 g/mol. The first-order chi connectivity index (χ1) is 13.5. The Morgan fingerprint density at radius 1 is 1.18 bits per heavy atom. The second-order valence-corrected chi connectivity index (χ2v) is 8.21. The summed E-state index contributed by atoms with van der Waals surface area (Å²) in [6.07, 6.45) is 0. The summed E-state index contributed by atoms with van der Waals surface area (Å²) in [6.45, 7) is 4.39. The van der Waals surface area contributed by atoms with Crippen LogP contribution in [0.1, 0.15) is 30.0 Å². The van der Waals surface area contributed by atoms with Crippen molar-refractivity contribution in [1.29, 1.82) is 0 Å². The molecule has 0 bridgehead atoms. The van der Waals surface area contributed by atoms with Crippen molar-refractivity contribution in [2.24, 2.45) is 0 Å². The lowest BCUT2D eigenvalue weighted by Gasteiger charge is -2.13. The van der Waals surface area contributed by atoms with E-state index in [0.717, 1.165) is 10.8 Å². The number of hydrogen-bond donors (Lipinski definition) is 1. The highest BCUT2D eigenvalue weighted by molar-refractivity contribution is 7.99. The van der Waals surface area contributed by atoms with Crippen molar-refractivity contribution >= 4 is 29.3 Å². The fraction of sp³-hybridized carbons (Fsp3) is 0.250. The van der Waals surface area contributed by atoms with E-state index in [1.54, 1.807) is 43.1 Å². The van der Waals surface area contributed by atoms with Gasteiger partial charge in [0.25, 0.3) is 5.91 Å². The number of benzene rings is 2. The summed E-state index contributed by atoms with van der Waals surface area (Å²) in [6, 6.07) is 14.4. The molecule has 0 atom stereocenters. The van der Waals surface area contributed by atoms with Gasteiger partial charge >= 0.3 is 0 Å². The Kier molecular flexibility index (Phi) is 6.59. The third-order valence-electron chi connectivity index (χ3n) is 3.89. The van der Waals surface area contributed by atoms with E-state index >= 15 is 0 Å². The van der Waals surface area contributed by atoms with Gasteiger partial charge in [0.05, 0.1) is 24.4 Å². The maximum atomic E-state index is 12.5. The van der Waals surface area contributed by atoms with Crippen molar-refractivity contribution in [3.63, 3.8) is 0 Å². The second kappa shape index (κ2) is 9.12. The molecule has 8 heteroatoms. The number of ether oxygens (including phenoxy) is 1. The number of halogens is 1. The fourth-order valence-corrected chi connectivity index (χ4v) is 3.62. The minimum absolute atomic E-state index is 0.200. The minimum atomic E-state index is -0.200. The van der Waals surface area contributed by atoms with Crippen LogP contribution >= 0.6 is 23.4 Å². The fourth-order valence-electron chi connectivity index (χ4n) is 2.58. The van der Waals surface area contributed by atoms with E-state index < -0.39 is 0 Å². The van der Waals surface area contributed by atoms with Gasteiger partial charge in [0.1, 0.15) is 5.75 Å². The van der Waals surface area contributed by atoms with Crippen LogP contribution in [0.3, 0.4) is 0 Å². The van der Waals surface area contributed by atoms with Crippen LogP contribution in [0, 0.1) is 0 Å². The molecule has 0 aliphatic carbocycles. The Balaban J connectivity index is 1.84. The molecule has 6 nitrogen and oxygen atoms in total. The molecule has 0 aliphatic heterocycles. The molecule has 1 aromatic heterocycles. The molecule has 0 unspecified atom stereocenters. The summed E-state index contributed by atoms with van der Waals surface area (Å²) >= 11 is 7.99. The van der Waals surface area contributed by atoms with Crippen LogP contribution in [-0.4, -0.2) is 33.0 Å². The molecular weight excluding hydrogens is 396 g/mol. The van der Waals surface area contributed by atoms with Crippen molar-refractivity contribution in [3.8, 4) is 11.4 Å². The van der Waals surface area contributed by atoms with Crippen LogP contribution in [0.5, 0.6) is 5.75 Å². The zero-order valence-electron chi connectivity index (χ0n) is 15.8. The van der Waals surface area contributed by atoms with Crippen molar-refractivity contribution in [2.75, 3.05) is 7.11 Å². The van der Waals surface area contributed by atoms with Gasteiger partial charge in [-0.2, -0.15) is 0 Å². The van der Waals surface area contributed by atoms with E-state index in [9.17, 15) is 4.79 Å². The molecule has 0 spiro atoms. The summed E-state index contributed by atoms with van der Waals surface area (Å²) in [7, 11) is 1.59. The van der Waals surface area contributed by atoms with E-state index in [-0.39, 0.29) is 12.5 Å². The topological polar surface area (TPSA) is 69.0 Å². The molecule has 1 heterocycles. The number of aromatic nitrogens is 3. The number of carbonyl (C=O) groups is 1. The van der Waals surface area contributed by atoms with Gasteiger partial charge in [-0.05, 0) is 36.4 Å². The first-order valence-electron chi connectivity index (χ1n) is 8.77. The van der Waals surface area contributed by atoms with Crippen LogP contribution in [0.4, 0.5) is 0 Å². The standard InChI is InChI=1S/C20H21ClN4O2S/c1-13(2)28-20-24-23-18(25(20)17-7-5-4-6-16(17)21)12-22-19(26)14-8-10-15(27-3)11-9-14/h4-11,13H,12H2,1-3H3,(H,22,26). The SMILES string of the molecule is COc1ccc(C(=O)NCc2nnc(SC(C)C)n2-c2ccccc2Cl)cc1. The Morgan fingerprint density at radius 3 is 2.54 bits per heavy atom. The van der Waals surface area contributed by atoms with E-state index in [1.807, 2.05) is 28.8 Å². The lowest BCUT2D eigenvalue weighted by molar-refractivity contribution is 0.0949. The van der Waals surface area contributed by atoms with Crippen molar-refractivity contribution < 1.29 is 9.53 Å². The molecule has 2 aromatic carbocycles. The number of para-hydroxylation sites is 1. The number of carbonyl (C=O) groups excluding carboxylic acids is 1. The first-order valence-corrected chi connectivity index (χ1v) is 10.0. The number of rotatable bonds is 7. The predicted octanol–water partition coefficient (Wildman–Crippen LogP) is 4.36. The third kappa shape index (κ3) is 4.66. The molecular formula is C20H21ClN4O2S. The van der Waals surface area contributed by atoms with Gasteiger partial charge in [0, 0.05) is 10.8 Å². The Hall–Kier alpha value is -2.51. The largest absolute Gasteiger partial charge is 0.497 e. The average Bonchev–Trinajstić information content (AvgIpc) is 3.08. The normalized spacial score (nSPS) is 10.9. The number of thioether (sulfide) groups is 1. The predicted molar refractivity (Wildman–Crippen MR) is 112 cm³/mol. The Bertz CT molecular complexity index is 957. The van der Waals surface area contributed by atoms with Crippen molar-refractivity contribution in [3.05, 3.63) is 64.9 Å². The summed E-state index contributed by atoms with van der Waals surface area (Å²) in [5.74, 6) is 1.11. The van der Waals surface area contributed by atoms with Gasteiger partial charge in [-0.3, -0.25) is 9.36 Å². The van der Waals surface area contributed by atoms with Gasteiger partial charge in [0.2, 0.25) is 0 Å². The molecule has 0 fully saturated rings. The zero-order valence-corrected chi connectivity index (χ0v) is 17.4. The Labute approximate surface area is 173 Å². The quantitative estimate of drug-likeness (QED) is 0.579. The first kappa shape index (κ1) is 20.2. The van der Waals surface area contributed by atoms with Crippen LogP contribution in [-0.2, 0) is 6.54 Å². The van der Waals surface area contributed by atoms with Crippen LogP contribution in [0.15, 0.2) is 53.7 Å². The van der Waals surface area contributed by atoms with Crippen LogP contribution < -0.4 is 10.1 Å². The molecule has 28 heavy (non-hydrogen) atoms. The third-order valence-corrected chi connectivity index (χ3v) is 5.16. The van der Waals surface area contributed by atoms with Crippen molar-refractivity contribution in [1.82, 2.24) is 20.1 Å². The number of hydrogen-bond acceptors (Lipinski definition) is 5. The molecule has 0 aliphatic rings. The monoisotopic (exact) mass is 416 g/mol. The number of nitrogens with zero attached hydrogens (tertiary/aromatic N) is 3. The molecule has 0 radical (unpaired) electrons. The summed E-state index contributed by atoms with van der Waals surface area (Å²) in [5.41, 5.74) is 1.33. The zero-order chi connectivity index (χ0) is 20.1. The summed E-state index contributed by atoms with van der Waals surface area (Å²) < 4.78 is 7.01. The van der Waals surface area contributed by atoms with E-state index in [4.69, 9.17) is 16.3 Å². The maximum absolute atomic E-state index is 12.5. The highest BCUT2D eigenvalue weighted by atomic mass is 35.5. The molecule has 3 rings (SSSR count). The molecule has 0 saturated heterocycles. The second-order valence-electron chi connectivity index (χ2n) is 6.26. The molecule has 3 aromatic rings. The van der Waals surface area contributed by atoms with E-state index in [1.165, 1.54) is 0 Å². The van der Waals surface area contributed by atoms with Gasteiger partial charge in [-0.15, -0.1) is 10.2 Å². The van der Waals surface area contributed by atoms with Crippen molar-refractivity contribution in [2.45, 2.75) is 30.8 Å². The van der Waals surface area contributed by atoms with Gasteiger partial charge in [0.15, 0.2) is 11.0 Å². The maximum Gasteiger partial charge on any atom is 0.251 e. The highest BCUT2D eigenvalue weighted by Crippen LogP contribution is 2.29. The molecule has 146 valence electrons. The Morgan fingerprint density at radius 2 is 1.89 bits per heavy atom. The van der Waals surface area contributed by atoms with Gasteiger partial charge in [-0.1, -0.05) is 49.3 Å². The molecule has 1 N–H and O–H groups in total. The number of methoxy groups -OCH3 is 1. The lowest BCUT2D eigenvalue weighted by Crippen LogP contribution is -2.24. The highest BCUT2D eigenvalue weighted by Gasteiger charge is 2.18. The lowest BCUT2D eigenvalue weighted by atomic mass is 10.2. The van der Waals surface area contributed by atoms with E-state index in [2.05, 4.69) is 29.4 Å². The smallest absolute Gasteiger partial charge is 0.251 e. The van der Waals surface area contributed by atoms with E-state index in [0.29, 0.717) is 27.4 Å². The van der Waals surface area contributed by atoms with Crippen LogP contribution in [0.25, 0.3) is 5.69 Å². The molecule has 1 amide bonds. The van der Waals surface area contributed by atoms with Gasteiger partial charge in [-0.25, -0.2) is 0 Å². The summed E-state index contributed by atoms with van der Waals surface area (Å²) in [5, 5.41) is 13.1. The molecule has 0 saturated carbocycles.